The Bertz CT molecular complexity index is 1010. The van der Waals surface area contributed by atoms with Crippen LogP contribution >= 0.6 is 11.8 Å². The summed E-state index contributed by atoms with van der Waals surface area (Å²) in [5.74, 6) is -5.78. The van der Waals surface area contributed by atoms with Crippen LogP contribution in [-0.2, 0) is 14.3 Å². The molecule has 32 heavy (non-hydrogen) atoms. The number of nitrogens with zero attached hydrogens (tertiary/aromatic N) is 1. The molecule has 0 saturated heterocycles. The monoisotopic (exact) mass is 474 g/mol. The number of amides is 2. The summed E-state index contributed by atoms with van der Waals surface area (Å²) in [4.78, 5) is 37.4. The van der Waals surface area contributed by atoms with Crippen molar-refractivity contribution in [3.05, 3.63) is 54.1 Å². The predicted molar refractivity (Wildman–Crippen MR) is 106 cm³/mol. The molecule has 2 aromatic carbocycles. The number of hydrogen-bond acceptors (Lipinski definition) is 5. The van der Waals surface area contributed by atoms with Crippen molar-refractivity contribution >= 4 is 40.9 Å². The molecule has 6 nitrogen and oxygen atoms in total. The van der Waals surface area contributed by atoms with Gasteiger partial charge in [0.2, 0.25) is 5.91 Å². The molecule has 0 saturated carbocycles. The van der Waals surface area contributed by atoms with Crippen LogP contribution < -0.4 is 10.2 Å². The fourth-order valence-electron chi connectivity index (χ4n) is 3.05. The van der Waals surface area contributed by atoms with Gasteiger partial charge in [0.1, 0.15) is 6.04 Å². The number of thioether (sulfide) groups is 1. The van der Waals surface area contributed by atoms with Gasteiger partial charge in [-0.25, -0.2) is 4.79 Å². The van der Waals surface area contributed by atoms with Crippen LogP contribution in [0.15, 0.2) is 53.4 Å². The van der Waals surface area contributed by atoms with Crippen molar-refractivity contribution in [3.63, 3.8) is 0 Å². The van der Waals surface area contributed by atoms with Crippen LogP contribution in [-0.4, -0.2) is 42.4 Å². The number of benzene rings is 2. The van der Waals surface area contributed by atoms with Crippen LogP contribution in [0.5, 0.6) is 0 Å². The molecule has 1 aliphatic heterocycles. The molecule has 0 aromatic heterocycles. The topological polar surface area (TPSA) is 75.7 Å². The number of nitrogens with one attached hydrogen (secondary N) is 1. The number of esters is 1. The van der Waals surface area contributed by atoms with Gasteiger partial charge in [-0.2, -0.15) is 22.0 Å². The van der Waals surface area contributed by atoms with E-state index < -0.39 is 48.8 Å². The Morgan fingerprint density at radius 1 is 1.12 bits per heavy atom. The Morgan fingerprint density at radius 2 is 1.78 bits per heavy atom. The second kappa shape index (κ2) is 9.55. The van der Waals surface area contributed by atoms with Crippen LogP contribution in [0.3, 0.4) is 0 Å². The van der Waals surface area contributed by atoms with Crippen LogP contribution in [0.4, 0.5) is 33.3 Å². The van der Waals surface area contributed by atoms with E-state index in [4.69, 9.17) is 4.74 Å². The van der Waals surface area contributed by atoms with Crippen molar-refractivity contribution in [2.24, 2.45) is 0 Å². The maximum absolute atomic E-state index is 13.7. The highest BCUT2D eigenvalue weighted by molar-refractivity contribution is 7.99. The summed E-state index contributed by atoms with van der Waals surface area (Å²) < 4.78 is 70.5. The second-order valence-electron chi connectivity index (χ2n) is 6.57. The van der Waals surface area contributed by atoms with Gasteiger partial charge in [0.25, 0.3) is 11.7 Å². The number of alkyl halides is 5. The van der Waals surface area contributed by atoms with Crippen molar-refractivity contribution in [2.45, 2.75) is 29.3 Å². The first kappa shape index (κ1) is 23.5. The largest absolute Gasteiger partial charge is 0.452 e. The SMILES string of the molecule is O=C1CC(C(F)(F)F)N(C(=O)COC(=O)c2ccc(SC(F)F)cc2)c2ccccc2N1. The van der Waals surface area contributed by atoms with E-state index in [1.807, 2.05) is 0 Å². The lowest BCUT2D eigenvalue weighted by Gasteiger charge is -2.31. The van der Waals surface area contributed by atoms with E-state index >= 15 is 0 Å². The zero-order valence-electron chi connectivity index (χ0n) is 16.1. The first-order valence-electron chi connectivity index (χ1n) is 9.06. The Balaban J connectivity index is 1.78. The van der Waals surface area contributed by atoms with Gasteiger partial charge in [-0.15, -0.1) is 0 Å². The smallest absolute Gasteiger partial charge is 0.409 e. The third-order valence-corrected chi connectivity index (χ3v) is 5.14. The van der Waals surface area contributed by atoms with E-state index in [0.717, 1.165) is 0 Å². The average molecular weight is 474 g/mol. The van der Waals surface area contributed by atoms with Crippen LogP contribution in [0.1, 0.15) is 16.8 Å². The van der Waals surface area contributed by atoms with Gasteiger partial charge in [-0.3, -0.25) is 14.5 Å². The molecular weight excluding hydrogens is 459 g/mol. The lowest BCUT2D eigenvalue weighted by atomic mass is 10.1. The van der Waals surface area contributed by atoms with Crippen LogP contribution in [0.2, 0.25) is 0 Å². The van der Waals surface area contributed by atoms with Gasteiger partial charge in [-0.05, 0) is 36.4 Å². The van der Waals surface area contributed by atoms with E-state index in [9.17, 15) is 36.3 Å². The van der Waals surface area contributed by atoms with Gasteiger partial charge >= 0.3 is 12.1 Å². The normalized spacial score (nSPS) is 16.2. The van der Waals surface area contributed by atoms with E-state index in [2.05, 4.69) is 5.32 Å². The Labute approximate surface area is 182 Å². The average Bonchev–Trinajstić information content (AvgIpc) is 2.87. The standard InChI is InChI=1S/C20H15F5N2O4S/c21-19(22)32-12-7-5-11(6-8-12)18(30)31-10-17(29)27-14-4-2-1-3-13(14)26-16(28)9-15(27)20(23,24)25/h1-8,15,19H,9-10H2,(H,26,28). The zero-order valence-corrected chi connectivity index (χ0v) is 16.9. The van der Waals surface area contributed by atoms with Gasteiger partial charge in [0.05, 0.1) is 23.4 Å². The summed E-state index contributed by atoms with van der Waals surface area (Å²) in [6, 6.07) is 7.88. The number of ether oxygens (including phenoxy) is 1. The highest BCUT2D eigenvalue weighted by Crippen LogP contribution is 2.37. The zero-order chi connectivity index (χ0) is 23.5. The number of anilines is 2. The van der Waals surface area contributed by atoms with Crippen molar-refractivity contribution in [1.82, 2.24) is 0 Å². The molecule has 2 amide bonds. The molecule has 0 spiro atoms. The molecule has 2 aromatic rings. The summed E-state index contributed by atoms with van der Waals surface area (Å²) in [6.07, 6.45) is -5.95. The summed E-state index contributed by atoms with van der Waals surface area (Å²) in [7, 11) is 0. The molecule has 1 atom stereocenters. The number of carbonyl (C=O) groups is 3. The minimum absolute atomic E-state index is 0.0102. The lowest BCUT2D eigenvalue weighted by molar-refractivity contribution is -0.158. The first-order valence-corrected chi connectivity index (χ1v) is 9.94. The quantitative estimate of drug-likeness (QED) is 0.393. The number of halogens is 5. The molecular formula is C20H15F5N2O4S. The van der Waals surface area contributed by atoms with Crippen molar-refractivity contribution in [1.29, 1.82) is 0 Å². The minimum atomic E-state index is -4.92. The molecule has 1 aliphatic rings. The molecule has 0 aliphatic carbocycles. The number of rotatable bonds is 5. The van der Waals surface area contributed by atoms with Crippen molar-refractivity contribution in [2.75, 3.05) is 16.8 Å². The molecule has 0 fully saturated rings. The fraction of sp³-hybridized carbons (Fsp3) is 0.250. The minimum Gasteiger partial charge on any atom is -0.452 e. The number of fused-ring (bicyclic) bond motifs is 1. The summed E-state index contributed by atoms with van der Waals surface area (Å²) in [5, 5.41) is 2.32. The highest BCUT2D eigenvalue weighted by Gasteiger charge is 2.49. The van der Waals surface area contributed by atoms with Crippen molar-refractivity contribution in [3.8, 4) is 0 Å². The summed E-state index contributed by atoms with van der Waals surface area (Å²) in [6.45, 7) is -1.03. The predicted octanol–water partition coefficient (Wildman–Crippen LogP) is 4.46. The molecule has 1 unspecified atom stereocenters. The van der Waals surface area contributed by atoms with Gasteiger partial charge in [-0.1, -0.05) is 23.9 Å². The van der Waals surface area contributed by atoms with Gasteiger partial charge < -0.3 is 10.1 Å². The van der Waals surface area contributed by atoms with Crippen LogP contribution in [0.25, 0.3) is 0 Å². The highest BCUT2D eigenvalue weighted by atomic mass is 32.2. The summed E-state index contributed by atoms with van der Waals surface area (Å²) in [5.41, 5.74) is -0.247. The maximum Gasteiger partial charge on any atom is 0.409 e. The number of para-hydroxylation sites is 2. The van der Waals surface area contributed by atoms with E-state index in [1.54, 1.807) is 0 Å². The maximum atomic E-state index is 13.7. The Morgan fingerprint density at radius 3 is 2.41 bits per heavy atom. The third-order valence-electron chi connectivity index (χ3n) is 4.42. The third kappa shape index (κ3) is 5.55. The Kier molecular flexibility index (Phi) is 7.02. The molecule has 1 N–H and O–H groups in total. The molecule has 12 heteroatoms. The fourth-order valence-corrected chi connectivity index (χ4v) is 3.55. The molecule has 170 valence electrons. The molecule has 0 bridgehead atoms. The second-order valence-corrected chi connectivity index (χ2v) is 7.63. The lowest BCUT2D eigenvalue weighted by Crippen LogP contribution is -2.51. The van der Waals surface area contributed by atoms with E-state index in [0.29, 0.717) is 4.90 Å². The number of carbonyl (C=O) groups excluding carboxylic acids is 3. The molecule has 1 heterocycles. The number of hydrogen-bond donors (Lipinski definition) is 1. The first-order chi connectivity index (χ1) is 15.1. The molecule has 0 radical (unpaired) electrons. The van der Waals surface area contributed by atoms with E-state index in [-0.39, 0.29) is 33.6 Å². The van der Waals surface area contributed by atoms with Gasteiger partial charge in [0.15, 0.2) is 6.61 Å². The van der Waals surface area contributed by atoms with Crippen LogP contribution in [0, 0.1) is 0 Å². The molecule has 3 rings (SSSR count). The Hall–Kier alpha value is -3.15. The van der Waals surface area contributed by atoms with Gasteiger partial charge in [0, 0.05) is 4.90 Å². The van der Waals surface area contributed by atoms with E-state index in [1.165, 1.54) is 48.5 Å². The van der Waals surface area contributed by atoms with Crippen molar-refractivity contribution < 1.29 is 41.1 Å². The summed E-state index contributed by atoms with van der Waals surface area (Å²) >= 11 is 0.268.